The average Bonchev–Trinajstić information content (AvgIpc) is 3.45. The Morgan fingerprint density at radius 3 is 2.36 bits per heavy atom. The smallest absolute Gasteiger partial charge is 0.254 e. The van der Waals surface area contributed by atoms with E-state index in [1.54, 1.807) is 11.3 Å². The van der Waals surface area contributed by atoms with Gasteiger partial charge in [-0.2, -0.15) is 0 Å². The zero-order chi connectivity index (χ0) is 19.5. The molecule has 0 radical (unpaired) electrons. The number of nitrogens with zero attached hydrogens (tertiary/aromatic N) is 2. The van der Waals surface area contributed by atoms with E-state index in [1.807, 2.05) is 65.7 Å². The molecule has 2 aromatic carbocycles. The van der Waals surface area contributed by atoms with E-state index in [0.717, 1.165) is 40.4 Å². The summed E-state index contributed by atoms with van der Waals surface area (Å²) in [6.45, 7) is 5.09. The summed E-state index contributed by atoms with van der Waals surface area (Å²) in [5, 5.41) is 2.96. The second-order valence-electron chi connectivity index (χ2n) is 7.36. The molecule has 5 heteroatoms. The molecule has 1 saturated carbocycles. The number of thiazole rings is 1. The molecule has 0 saturated heterocycles. The van der Waals surface area contributed by atoms with Crippen LogP contribution >= 0.6 is 11.3 Å². The molecule has 1 aromatic heterocycles. The first-order valence-electron chi connectivity index (χ1n) is 9.59. The first kappa shape index (κ1) is 18.7. The van der Waals surface area contributed by atoms with Gasteiger partial charge in [0.25, 0.3) is 5.91 Å². The first-order valence-corrected chi connectivity index (χ1v) is 10.5. The second kappa shape index (κ2) is 8.15. The van der Waals surface area contributed by atoms with Gasteiger partial charge in [-0.05, 0) is 51.0 Å². The summed E-state index contributed by atoms with van der Waals surface area (Å²) in [4.78, 5) is 19.6. The van der Waals surface area contributed by atoms with Gasteiger partial charge in [0.2, 0.25) is 0 Å². The number of amides is 1. The summed E-state index contributed by atoms with van der Waals surface area (Å²) in [6, 6.07) is 16.1. The van der Waals surface area contributed by atoms with Gasteiger partial charge in [0.15, 0.2) is 0 Å². The second-order valence-corrected chi connectivity index (χ2v) is 8.31. The lowest BCUT2D eigenvalue weighted by atomic mass is 10.1. The van der Waals surface area contributed by atoms with E-state index in [4.69, 9.17) is 4.74 Å². The van der Waals surface area contributed by atoms with Crippen molar-refractivity contribution < 1.29 is 9.53 Å². The largest absolute Gasteiger partial charge is 0.486 e. The molecule has 0 aliphatic heterocycles. The number of carbonyl (C=O) groups excluding carboxylic acids is 1. The molecule has 1 aliphatic carbocycles. The number of benzene rings is 2. The Balaban J connectivity index is 1.40. The van der Waals surface area contributed by atoms with E-state index in [-0.39, 0.29) is 5.91 Å². The first-order chi connectivity index (χ1) is 13.6. The molecule has 4 rings (SSSR count). The molecule has 1 amide bonds. The summed E-state index contributed by atoms with van der Waals surface area (Å²) in [5.74, 6) is 0.935. The molecule has 0 spiro atoms. The zero-order valence-corrected chi connectivity index (χ0v) is 17.0. The number of hydrogen-bond acceptors (Lipinski definition) is 4. The fourth-order valence-corrected chi connectivity index (χ4v) is 3.75. The molecule has 3 aromatic rings. The van der Waals surface area contributed by atoms with Crippen molar-refractivity contribution in [3.63, 3.8) is 0 Å². The predicted molar refractivity (Wildman–Crippen MR) is 112 cm³/mol. The zero-order valence-electron chi connectivity index (χ0n) is 16.2. The van der Waals surface area contributed by atoms with Gasteiger partial charge in [-0.25, -0.2) is 4.98 Å². The highest BCUT2D eigenvalue weighted by molar-refractivity contribution is 7.09. The quantitative estimate of drug-likeness (QED) is 0.559. The van der Waals surface area contributed by atoms with Gasteiger partial charge in [-0.3, -0.25) is 4.79 Å². The highest BCUT2D eigenvalue weighted by atomic mass is 32.1. The summed E-state index contributed by atoms with van der Waals surface area (Å²) in [5.41, 5.74) is 4.05. The highest BCUT2D eigenvalue weighted by Gasteiger charge is 2.33. The summed E-state index contributed by atoms with van der Waals surface area (Å²) in [7, 11) is 0. The van der Waals surface area contributed by atoms with E-state index in [2.05, 4.69) is 11.9 Å². The summed E-state index contributed by atoms with van der Waals surface area (Å²) in [6.07, 6.45) is 2.15. The maximum Gasteiger partial charge on any atom is 0.254 e. The molecular weight excluding hydrogens is 368 g/mol. The van der Waals surface area contributed by atoms with Gasteiger partial charge < -0.3 is 9.64 Å². The van der Waals surface area contributed by atoms with Gasteiger partial charge in [-0.1, -0.05) is 35.4 Å². The van der Waals surface area contributed by atoms with Crippen molar-refractivity contribution in [2.45, 2.75) is 45.9 Å². The van der Waals surface area contributed by atoms with Crippen LogP contribution < -0.4 is 4.74 Å². The molecule has 0 bridgehead atoms. The van der Waals surface area contributed by atoms with Crippen molar-refractivity contribution >= 4 is 17.2 Å². The number of aromatic nitrogens is 1. The van der Waals surface area contributed by atoms with Crippen LogP contribution in [0.2, 0.25) is 0 Å². The van der Waals surface area contributed by atoms with Crippen molar-refractivity contribution in [3.8, 4) is 5.75 Å². The molecule has 0 N–H and O–H groups in total. The topological polar surface area (TPSA) is 42.4 Å². The summed E-state index contributed by atoms with van der Waals surface area (Å²) < 4.78 is 5.82. The molecule has 0 atom stereocenters. The van der Waals surface area contributed by atoms with E-state index >= 15 is 0 Å². The highest BCUT2D eigenvalue weighted by Crippen LogP contribution is 2.30. The number of ether oxygens (including phenoxy) is 1. The van der Waals surface area contributed by atoms with Crippen LogP contribution in [0.25, 0.3) is 0 Å². The SMILES string of the molecule is Cc1ccc(OCc2nc(CN(C(=O)c3ccc(C)cc3)C3CC3)cs2)cc1. The lowest BCUT2D eigenvalue weighted by Crippen LogP contribution is -2.32. The Labute approximate surface area is 169 Å². The number of aryl methyl sites for hydroxylation is 2. The molecule has 144 valence electrons. The van der Waals surface area contributed by atoms with Crippen LogP contribution in [0.3, 0.4) is 0 Å². The number of carbonyl (C=O) groups is 1. The minimum absolute atomic E-state index is 0.0907. The average molecular weight is 393 g/mol. The van der Waals surface area contributed by atoms with E-state index in [1.165, 1.54) is 5.56 Å². The third-order valence-corrected chi connectivity index (χ3v) is 5.73. The van der Waals surface area contributed by atoms with Crippen LogP contribution in [0.1, 0.15) is 45.0 Å². The van der Waals surface area contributed by atoms with Gasteiger partial charge >= 0.3 is 0 Å². The summed E-state index contributed by atoms with van der Waals surface area (Å²) >= 11 is 1.58. The lowest BCUT2D eigenvalue weighted by molar-refractivity contribution is 0.0728. The van der Waals surface area contributed by atoms with Crippen molar-refractivity contribution in [2.75, 3.05) is 0 Å². The van der Waals surface area contributed by atoms with Crippen LogP contribution in [0.15, 0.2) is 53.9 Å². The van der Waals surface area contributed by atoms with Gasteiger partial charge in [0.05, 0.1) is 12.2 Å². The standard InChI is InChI=1S/C23H24N2O2S/c1-16-3-7-18(8-4-16)23(26)25(20-9-10-20)13-19-15-28-22(24-19)14-27-21-11-5-17(2)6-12-21/h3-8,11-12,15,20H,9-10,13-14H2,1-2H3. The Bertz CT molecular complexity index is 943. The van der Waals surface area contributed by atoms with E-state index in [0.29, 0.717) is 19.2 Å². The molecular formula is C23H24N2O2S. The molecule has 1 heterocycles. The number of rotatable bonds is 7. The van der Waals surface area contributed by atoms with Crippen molar-refractivity contribution in [2.24, 2.45) is 0 Å². The third kappa shape index (κ3) is 4.60. The third-order valence-electron chi connectivity index (χ3n) is 4.86. The van der Waals surface area contributed by atoms with Crippen molar-refractivity contribution in [1.29, 1.82) is 0 Å². The Morgan fingerprint density at radius 1 is 1.07 bits per heavy atom. The minimum atomic E-state index is 0.0907. The van der Waals surface area contributed by atoms with Crippen LogP contribution in [0.4, 0.5) is 0 Å². The molecule has 0 unspecified atom stereocenters. The molecule has 4 nitrogen and oxygen atoms in total. The van der Waals surface area contributed by atoms with Crippen LogP contribution in [-0.4, -0.2) is 21.8 Å². The lowest BCUT2D eigenvalue weighted by Gasteiger charge is -2.21. The number of hydrogen-bond donors (Lipinski definition) is 0. The Morgan fingerprint density at radius 2 is 1.71 bits per heavy atom. The van der Waals surface area contributed by atoms with Crippen molar-refractivity contribution in [1.82, 2.24) is 9.88 Å². The minimum Gasteiger partial charge on any atom is -0.486 e. The monoisotopic (exact) mass is 392 g/mol. The maximum atomic E-state index is 13.0. The van der Waals surface area contributed by atoms with Crippen LogP contribution in [-0.2, 0) is 13.2 Å². The Kier molecular flexibility index (Phi) is 5.44. The maximum absolute atomic E-state index is 13.0. The van der Waals surface area contributed by atoms with Crippen LogP contribution in [0, 0.1) is 13.8 Å². The van der Waals surface area contributed by atoms with Gasteiger partial charge in [0, 0.05) is 17.0 Å². The van der Waals surface area contributed by atoms with Gasteiger partial charge in [0.1, 0.15) is 17.4 Å². The predicted octanol–water partition coefficient (Wildman–Crippen LogP) is 5.14. The fraction of sp³-hybridized carbons (Fsp3) is 0.304. The Hall–Kier alpha value is -2.66. The molecule has 1 aliphatic rings. The van der Waals surface area contributed by atoms with Crippen molar-refractivity contribution in [3.05, 3.63) is 81.3 Å². The van der Waals surface area contributed by atoms with E-state index in [9.17, 15) is 4.79 Å². The normalized spacial score (nSPS) is 13.4. The van der Waals surface area contributed by atoms with Gasteiger partial charge in [-0.15, -0.1) is 11.3 Å². The fourth-order valence-electron chi connectivity index (χ4n) is 3.06. The molecule has 1 fully saturated rings. The molecule has 28 heavy (non-hydrogen) atoms. The van der Waals surface area contributed by atoms with Crippen LogP contribution in [0.5, 0.6) is 5.75 Å². The van der Waals surface area contributed by atoms with E-state index < -0.39 is 0 Å².